The first-order valence-corrected chi connectivity index (χ1v) is 9.01. The van der Waals surface area contributed by atoms with Crippen molar-refractivity contribution in [1.82, 2.24) is 5.32 Å². The van der Waals surface area contributed by atoms with Gasteiger partial charge in [-0.05, 0) is 29.8 Å². The van der Waals surface area contributed by atoms with Crippen LogP contribution in [-0.2, 0) is 16.0 Å². The second kappa shape index (κ2) is 9.04. The molecule has 0 atom stereocenters. The highest BCUT2D eigenvalue weighted by Gasteiger charge is 2.18. The van der Waals surface area contributed by atoms with Crippen LogP contribution in [0.5, 0.6) is 11.5 Å². The van der Waals surface area contributed by atoms with Crippen LogP contribution < -0.4 is 20.1 Å². The molecule has 0 saturated heterocycles. The van der Waals surface area contributed by atoms with Crippen LogP contribution in [0.1, 0.15) is 12.0 Å². The number of benzene rings is 2. The second-order valence-electron chi connectivity index (χ2n) is 6.18. The molecule has 0 aliphatic carbocycles. The average molecular weight is 429 g/mol. The fourth-order valence-corrected chi connectivity index (χ4v) is 2.92. The van der Waals surface area contributed by atoms with Crippen LogP contribution in [0.2, 0.25) is 5.02 Å². The summed E-state index contributed by atoms with van der Waals surface area (Å²) in [6, 6.07) is 4.75. The highest BCUT2D eigenvalue weighted by atomic mass is 35.5. The van der Waals surface area contributed by atoms with Crippen LogP contribution >= 0.6 is 11.6 Å². The molecule has 0 saturated carbocycles. The molecule has 2 N–H and O–H groups in total. The third kappa shape index (κ3) is 5.11. The van der Waals surface area contributed by atoms with Gasteiger partial charge in [-0.1, -0.05) is 11.6 Å². The molecule has 1 aliphatic rings. The lowest BCUT2D eigenvalue weighted by molar-refractivity contribution is -0.123. The van der Waals surface area contributed by atoms with Gasteiger partial charge in [-0.2, -0.15) is 0 Å². The molecule has 0 spiro atoms. The Hall–Kier alpha value is -2.94. The van der Waals surface area contributed by atoms with Gasteiger partial charge in [0.15, 0.2) is 29.0 Å². The topological polar surface area (TPSA) is 76.7 Å². The minimum absolute atomic E-state index is 0.0941. The van der Waals surface area contributed by atoms with Gasteiger partial charge in [0.25, 0.3) is 0 Å². The van der Waals surface area contributed by atoms with E-state index < -0.39 is 41.5 Å². The fourth-order valence-electron chi connectivity index (χ4n) is 2.63. The Morgan fingerprint density at radius 2 is 1.79 bits per heavy atom. The number of carbonyl (C=O) groups is 2. The Morgan fingerprint density at radius 3 is 2.59 bits per heavy atom. The molecule has 0 unspecified atom stereocenters. The monoisotopic (exact) mass is 428 g/mol. The summed E-state index contributed by atoms with van der Waals surface area (Å²) in [5.74, 6) is -5.05. The first-order chi connectivity index (χ1) is 13.8. The van der Waals surface area contributed by atoms with E-state index in [9.17, 15) is 22.8 Å². The molecule has 6 nitrogen and oxygen atoms in total. The summed E-state index contributed by atoms with van der Waals surface area (Å²) < 4.78 is 50.7. The van der Waals surface area contributed by atoms with E-state index in [1.54, 1.807) is 12.1 Å². The Bertz CT molecular complexity index is 956. The number of anilines is 1. The van der Waals surface area contributed by atoms with Crippen LogP contribution in [0.4, 0.5) is 18.9 Å². The Morgan fingerprint density at radius 1 is 1.03 bits per heavy atom. The van der Waals surface area contributed by atoms with Crippen molar-refractivity contribution in [1.29, 1.82) is 0 Å². The number of hydrogen-bond donors (Lipinski definition) is 2. The van der Waals surface area contributed by atoms with Crippen molar-refractivity contribution in [3.05, 3.63) is 52.3 Å². The first-order valence-electron chi connectivity index (χ1n) is 8.63. The van der Waals surface area contributed by atoms with E-state index in [0.29, 0.717) is 47.8 Å². The van der Waals surface area contributed by atoms with Gasteiger partial charge in [0.2, 0.25) is 11.8 Å². The van der Waals surface area contributed by atoms with Crippen molar-refractivity contribution >= 4 is 29.1 Å². The minimum atomic E-state index is -1.70. The number of carbonyl (C=O) groups excluding carboxylic acids is 2. The summed E-state index contributed by atoms with van der Waals surface area (Å²) in [5, 5.41) is 4.72. The Kier molecular flexibility index (Phi) is 6.48. The normalized spacial score (nSPS) is 12.8. The molecular weight excluding hydrogens is 413 g/mol. The van der Waals surface area contributed by atoms with E-state index in [4.69, 9.17) is 21.1 Å². The number of amides is 2. The summed E-state index contributed by atoms with van der Waals surface area (Å²) >= 11 is 6.17. The number of halogens is 4. The van der Waals surface area contributed by atoms with E-state index in [0.717, 1.165) is 6.07 Å². The summed E-state index contributed by atoms with van der Waals surface area (Å²) in [7, 11) is 0. The second-order valence-corrected chi connectivity index (χ2v) is 6.59. The standard InChI is InChI=1S/C19H16ClF3N2O4/c20-11-6-10(7-14-19(11)29-5-1-4-28-14)8-15(26)24-9-16(27)25-13-3-2-12(21)17(22)18(13)23/h2-3,6-7H,1,4-5,8-9H2,(H,24,26)(H,25,27). The van der Waals surface area contributed by atoms with Crippen molar-refractivity contribution in [2.45, 2.75) is 12.8 Å². The molecule has 3 rings (SSSR count). The molecule has 1 heterocycles. The zero-order valence-electron chi connectivity index (χ0n) is 15.0. The number of fused-ring (bicyclic) bond motifs is 1. The minimum Gasteiger partial charge on any atom is -0.489 e. The first kappa shape index (κ1) is 20.8. The van der Waals surface area contributed by atoms with E-state index >= 15 is 0 Å². The van der Waals surface area contributed by atoms with Crippen molar-refractivity contribution < 1.29 is 32.2 Å². The van der Waals surface area contributed by atoms with Gasteiger partial charge in [-0.3, -0.25) is 9.59 Å². The summed E-state index contributed by atoms with van der Waals surface area (Å²) in [6.45, 7) is 0.440. The molecule has 1 aliphatic heterocycles. The van der Waals surface area contributed by atoms with Crippen LogP contribution in [0, 0.1) is 17.5 Å². The Labute approximate surface area is 168 Å². The highest BCUT2D eigenvalue weighted by molar-refractivity contribution is 6.32. The maximum atomic E-state index is 13.6. The van der Waals surface area contributed by atoms with E-state index in [1.807, 2.05) is 0 Å². The maximum absolute atomic E-state index is 13.6. The van der Waals surface area contributed by atoms with E-state index in [-0.39, 0.29) is 6.42 Å². The number of nitrogens with one attached hydrogen (secondary N) is 2. The lowest BCUT2D eigenvalue weighted by atomic mass is 10.1. The number of hydrogen-bond acceptors (Lipinski definition) is 4. The predicted octanol–water partition coefficient (Wildman–Crippen LogP) is 3.22. The quantitative estimate of drug-likeness (QED) is 0.717. The maximum Gasteiger partial charge on any atom is 0.243 e. The van der Waals surface area contributed by atoms with Crippen LogP contribution in [0.3, 0.4) is 0 Å². The van der Waals surface area contributed by atoms with Crippen molar-refractivity contribution in [2.24, 2.45) is 0 Å². The lowest BCUT2D eigenvalue weighted by Crippen LogP contribution is -2.34. The van der Waals surface area contributed by atoms with Crippen molar-refractivity contribution in [3.63, 3.8) is 0 Å². The van der Waals surface area contributed by atoms with Gasteiger partial charge < -0.3 is 20.1 Å². The van der Waals surface area contributed by atoms with Crippen LogP contribution in [0.25, 0.3) is 0 Å². The third-order valence-corrected chi connectivity index (χ3v) is 4.26. The largest absolute Gasteiger partial charge is 0.489 e. The molecule has 29 heavy (non-hydrogen) atoms. The predicted molar refractivity (Wildman–Crippen MR) is 98.7 cm³/mol. The van der Waals surface area contributed by atoms with Gasteiger partial charge >= 0.3 is 0 Å². The van der Waals surface area contributed by atoms with Gasteiger partial charge in [-0.15, -0.1) is 0 Å². The van der Waals surface area contributed by atoms with E-state index in [1.165, 1.54) is 0 Å². The van der Waals surface area contributed by atoms with Crippen LogP contribution in [0.15, 0.2) is 24.3 Å². The fraction of sp³-hybridized carbons (Fsp3) is 0.263. The molecule has 2 aromatic carbocycles. The molecule has 0 aromatic heterocycles. The molecule has 0 radical (unpaired) electrons. The summed E-state index contributed by atoms with van der Waals surface area (Å²) in [4.78, 5) is 23.9. The third-order valence-electron chi connectivity index (χ3n) is 3.98. The number of rotatable bonds is 5. The molecule has 154 valence electrons. The molecule has 2 amide bonds. The molecule has 10 heteroatoms. The molecular formula is C19H16ClF3N2O4. The average Bonchev–Trinajstić information content (AvgIpc) is 2.93. The molecule has 0 bridgehead atoms. The van der Waals surface area contributed by atoms with Crippen molar-refractivity contribution in [2.75, 3.05) is 25.1 Å². The summed E-state index contributed by atoms with van der Waals surface area (Å²) in [6.07, 6.45) is 0.609. The Balaban J connectivity index is 1.56. The van der Waals surface area contributed by atoms with Crippen LogP contribution in [-0.4, -0.2) is 31.6 Å². The zero-order chi connectivity index (χ0) is 21.0. The zero-order valence-corrected chi connectivity index (χ0v) is 15.7. The van der Waals surface area contributed by atoms with E-state index in [2.05, 4.69) is 10.6 Å². The SMILES string of the molecule is O=C(Cc1cc(Cl)c2c(c1)OCCCO2)NCC(=O)Nc1ccc(F)c(F)c1F. The number of ether oxygens (including phenoxy) is 2. The smallest absolute Gasteiger partial charge is 0.243 e. The highest BCUT2D eigenvalue weighted by Crippen LogP contribution is 2.38. The van der Waals surface area contributed by atoms with Gasteiger partial charge in [0.1, 0.15) is 0 Å². The van der Waals surface area contributed by atoms with Gasteiger partial charge in [0.05, 0.1) is 36.9 Å². The van der Waals surface area contributed by atoms with Crippen molar-refractivity contribution in [3.8, 4) is 11.5 Å². The van der Waals surface area contributed by atoms with Gasteiger partial charge in [-0.25, -0.2) is 13.2 Å². The lowest BCUT2D eigenvalue weighted by Gasteiger charge is -2.12. The van der Waals surface area contributed by atoms with Gasteiger partial charge in [0, 0.05) is 6.42 Å². The summed E-state index contributed by atoms with van der Waals surface area (Å²) in [5.41, 5.74) is 0.0154. The molecule has 0 fully saturated rings. The molecule has 2 aromatic rings.